The number of piperidine rings is 1. The first-order valence-corrected chi connectivity index (χ1v) is 11.8. The van der Waals surface area contributed by atoms with Crippen LogP contribution in [0.15, 0.2) is 65.6 Å². The number of rotatable bonds is 4. The Balaban J connectivity index is 1.16. The molecule has 2 aromatic carbocycles. The molecule has 1 fully saturated rings. The molecule has 0 saturated carbocycles. The number of halogens is 1. The Bertz CT molecular complexity index is 1450. The minimum Gasteiger partial charge on any atom is -0.450 e. The summed E-state index contributed by atoms with van der Waals surface area (Å²) in [5.41, 5.74) is 3.85. The highest BCUT2D eigenvalue weighted by Crippen LogP contribution is 2.44. The Kier molecular flexibility index (Phi) is 4.82. The molecule has 0 radical (unpaired) electrons. The molecule has 2 aromatic heterocycles. The monoisotopic (exact) mass is 462 g/mol. The quantitative estimate of drug-likeness (QED) is 0.435. The molecule has 2 aliphatic heterocycles. The molecule has 33 heavy (non-hydrogen) atoms. The second-order valence-electron chi connectivity index (χ2n) is 9.00. The van der Waals surface area contributed by atoms with E-state index >= 15 is 0 Å². The average Bonchev–Trinajstić information content (AvgIpc) is 3.41. The maximum absolute atomic E-state index is 13.1. The third-order valence-corrected chi connectivity index (χ3v) is 7.41. The predicted molar refractivity (Wildman–Crippen MR) is 124 cm³/mol. The second-order valence-corrected chi connectivity index (χ2v) is 9.47. The smallest absolute Gasteiger partial charge is 0.339 e. The van der Waals surface area contributed by atoms with Crippen LogP contribution in [0.4, 0.5) is 0 Å². The minimum absolute atomic E-state index is 0.0480. The standard InChI is InChI=1S/C26H25ClN3O3/c27-18-8-9-20-19(17-18)25(32)33-26(20)10-15-28(16-11-26)12-4-14-30-22-6-2-1-5-21(22)29-13-3-7-23(29)24(30)31/h1-3,5-9,13,17,27H,4,10-12,14-16H2/q+1. The first-order chi connectivity index (χ1) is 16.1. The summed E-state index contributed by atoms with van der Waals surface area (Å²) in [6, 6.07) is 17.5. The number of fused-ring (bicyclic) bond motifs is 5. The van der Waals surface area contributed by atoms with E-state index in [9.17, 15) is 9.59 Å². The Morgan fingerprint density at radius 2 is 1.67 bits per heavy atom. The summed E-state index contributed by atoms with van der Waals surface area (Å²) < 4.78 is 9.74. The van der Waals surface area contributed by atoms with E-state index in [0.29, 0.717) is 22.6 Å². The lowest BCUT2D eigenvalue weighted by molar-refractivity contribution is -0.288. The van der Waals surface area contributed by atoms with Crippen LogP contribution in [0.3, 0.4) is 0 Å². The van der Waals surface area contributed by atoms with E-state index < -0.39 is 5.60 Å². The molecule has 7 heteroatoms. The summed E-state index contributed by atoms with van der Waals surface area (Å²) in [6.07, 6.45) is 4.38. The van der Waals surface area contributed by atoms with Crippen LogP contribution in [0, 0.1) is 11.6 Å². The third-order valence-electron chi connectivity index (χ3n) is 7.15. The molecule has 0 unspecified atom stereocenters. The van der Waals surface area contributed by atoms with Crippen molar-refractivity contribution in [3.8, 4) is 0 Å². The number of ether oxygens (including phenoxy) is 1. The van der Waals surface area contributed by atoms with Gasteiger partial charge in [-0.3, -0.25) is 4.79 Å². The number of aryl methyl sites for hydroxylation is 1. The number of benzene rings is 2. The molecule has 4 aromatic rings. The molecule has 1 saturated heterocycles. The highest BCUT2D eigenvalue weighted by atomic mass is 35.5. The topological polar surface area (TPSA) is 56.0 Å². The normalized spacial score (nSPS) is 17.7. The SMILES string of the molecule is O=C1OC2(CCN(CCCn3c(=O)c4cccn4c4ccccc43)CC2)c2ccc([ClH+])cc21. The number of likely N-dealkylation sites (tertiary alicyclic amines) is 1. The van der Waals surface area contributed by atoms with Crippen LogP contribution in [0.5, 0.6) is 0 Å². The van der Waals surface area contributed by atoms with Gasteiger partial charge in [0.25, 0.3) is 5.56 Å². The summed E-state index contributed by atoms with van der Waals surface area (Å²) in [7, 11) is 0. The van der Waals surface area contributed by atoms with Crippen LogP contribution in [-0.4, -0.2) is 39.5 Å². The zero-order valence-corrected chi connectivity index (χ0v) is 19.0. The number of nitrogens with zero attached hydrogens (tertiary/aromatic N) is 3. The lowest BCUT2D eigenvalue weighted by Gasteiger charge is -2.38. The van der Waals surface area contributed by atoms with Gasteiger partial charge >= 0.3 is 5.97 Å². The highest BCUT2D eigenvalue weighted by Gasteiger charge is 2.47. The van der Waals surface area contributed by atoms with E-state index in [1.165, 1.54) is 0 Å². The fourth-order valence-electron chi connectivity index (χ4n) is 5.47. The first kappa shape index (κ1) is 20.5. The Labute approximate surface area is 195 Å². The lowest BCUT2D eigenvalue weighted by atomic mass is 9.84. The van der Waals surface area contributed by atoms with E-state index in [4.69, 9.17) is 16.3 Å². The van der Waals surface area contributed by atoms with Crippen molar-refractivity contribution in [3.05, 3.63) is 87.3 Å². The van der Waals surface area contributed by atoms with Gasteiger partial charge in [0.1, 0.15) is 11.1 Å². The van der Waals surface area contributed by atoms with Gasteiger partial charge < -0.3 is 18.6 Å². The summed E-state index contributed by atoms with van der Waals surface area (Å²) >= 11 is 5.22. The average molecular weight is 463 g/mol. The zero-order chi connectivity index (χ0) is 22.6. The molecule has 0 N–H and O–H groups in total. The third kappa shape index (κ3) is 3.28. The van der Waals surface area contributed by atoms with Gasteiger partial charge in [0.2, 0.25) is 5.02 Å². The Morgan fingerprint density at radius 3 is 2.48 bits per heavy atom. The van der Waals surface area contributed by atoms with Gasteiger partial charge in [0, 0.05) is 56.4 Å². The minimum atomic E-state index is -0.515. The van der Waals surface area contributed by atoms with Crippen LogP contribution in [-0.2, 0) is 16.9 Å². The molecule has 4 heterocycles. The molecule has 1 spiro atoms. The van der Waals surface area contributed by atoms with Crippen molar-refractivity contribution in [1.29, 1.82) is 0 Å². The second kappa shape index (κ2) is 7.75. The summed E-state index contributed by atoms with van der Waals surface area (Å²) in [5, 5.41) is 0.668. The van der Waals surface area contributed by atoms with E-state index in [-0.39, 0.29) is 11.5 Å². The Morgan fingerprint density at radius 1 is 0.909 bits per heavy atom. The van der Waals surface area contributed by atoms with Crippen LogP contribution >= 0.6 is 0 Å². The number of esters is 1. The van der Waals surface area contributed by atoms with E-state index in [1.807, 2.05) is 57.6 Å². The van der Waals surface area contributed by atoms with Gasteiger partial charge in [0.05, 0.1) is 16.6 Å². The number of aromatic nitrogens is 2. The van der Waals surface area contributed by atoms with Crippen molar-refractivity contribution in [3.63, 3.8) is 0 Å². The van der Waals surface area contributed by atoms with Crippen LogP contribution < -0.4 is 5.56 Å². The highest BCUT2D eigenvalue weighted by molar-refractivity contribution is 5.95. The number of para-hydroxylation sites is 2. The summed E-state index contributed by atoms with van der Waals surface area (Å²) in [6.45, 7) is 3.28. The number of hydrogen-bond donors (Lipinski definition) is 0. The lowest BCUT2D eigenvalue weighted by Crippen LogP contribution is -2.43. The zero-order valence-electron chi connectivity index (χ0n) is 18.2. The molecular formula is C26H25ClN3O3+. The predicted octanol–water partition coefficient (Wildman–Crippen LogP) is 3.50. The number of hydrogen-bond acceptors (Lipinski definition) is 4. The number of carbonyl (C=O) groups is 1. The van der Waals surface area contributed by atoms with Crippen molar-refractivity contribution in [2.75, 3.05) is 19.6 Å². The van der Waals surface area contributed by atoms with Gasteiger partial charge in [-0.2, -0.15) is 0 Å². The largest absolute Gasteiger partial charge is 0.450 e. The summed E-state index contributed by atoms with van der Waals surface area (Å²) in [4.78, 5) is 27.9. The van der Waals surface area contributed by atoms with Gasteiger partial charge in [-0.25, -0.2) is 4.79 Å². The maximum Gasteiger partial charge on any atom is 0.339 e. The maximum atomic E-state index is 13.1. The molecule has 0 amide bonds. The van der Waals surface area contributed by atoms with Crippen molar-refractivity contribution in [1.82, 2.24) is 13.9 Å². The van der Waals surface area contributed by atoms with Crippen molar-refractivity contribution < 1.29 is 21.1 Å². The molecule has 0 aliphatic carbocycles. The van der Waals surface area contributed by atoms with E-state index in [1.54, 1.807) is 6.07 Å². The van der Waals surface area contributed by atoms with E-state index in [2.05, 4.69) is 11.0 Å². The van der Waals surface area contributed by atoms with Gasteiger partial charge in [-0.05, 0) is 43.3 Å². The van der Waals surface area contributed by atoms with Crippen molar-refractivity contribution in [2.24, 2.45) is 0 Å². The van der Waals surface area contributed by atoms with Crippen LogP contribution in [0.2, 0.25) is 5.02 Å². The molecular weight excluding hydrogens is 438 g/mol. The molecule has 0 atom stereocenters. The first-order valence-electron chi connectivity index (χ1n) is 11.4. The molecule has 0 bridgehead atoms. The van der Waals surface area contributed by atoms with Gasteiger partial charge in [0.15, 0.2) is 11.6 Å². The number of carbonyl (C=O) groups excluding carboxylic acids is 1. The fourth-order valence-corrected chi connectivity index (χ4v) is 5.66. The van der Waals surface area contributed by atoms with Gasteiger partial charge in [-0.1, -0.05) is 12.1 Å². The summed E-state index contributed by atoms with van der Waals surface area (Å²) in [5.74, 6) is -0.253. The molecule has 6 nitrogen and oxygen atoms in total. The van der Waals surface area contributed by atoms with Crippen molar-refractivity contribution in [2.45, 2.75) is 31.4 Å². The van der Waals surface area contributed by atoms with Crippen LogP contribution in [0.25, 0.3) is 16.6 Å². The van der Waals surface area contributed by atoms with E-state index in [0.717, 1.165) is 55.5 Å². The molecule has 6 rings (SSSR count). The fraction of sp³-hybridized carbons (Fsp3) is 0.308. The molecule has 2 aliphatic rings. The van der Waals surface area contributed by atoms with Crippen molar-refractivity contribution >= 4 is 22.5 Å². The Hall–Kier alpha value is -3.09. The van der Waals surface area contributed by atoms with Crippen LogP contribution in [0.1, 0.15) is 35.2 Å². The van der Waals surface area contributed by atoms with Gasteiger partial charge in [-0.15, -0.1) is 0 Å². The molecule has 168 valence electrons.